The van der Waals surface area contributed by atoms with Crippen molar-refractivity contribution in [1.82, 2.24) is 0 Å². The van der Waals surface area contributed by atoms with Gasteiger partial charge < -0.3 is 0 Å². The highest BCUT2D eigenvalue weighted by molar-refractivity contribution is 8.77. The van der Waals surface area contributed by atoms with Gasteiger partial charge >= 0.3 is 0 Å². The van der Waals surface area contributed by atoms with E-state index in [1.807, 2.05) is 13.1 Å². The summed E-state index contributed by atoms with van der Waals surface area (Å²) in [7, 11) is 3.13. The number of thiol groups is 1. The van der Waals surface area contributed by atoms with Gasteiger partial charge in [0.25, 0.3) is 0 Å². The second-order valence-corrected chi connectivity index (χ2v) is 4.29. The lowest BCUT2D eigenvalue weighted by atomic mass is 10.2. The van der Waals surface area contributed by atoms with Crippen molar-refractivity contribution in [3.63, 3.8) is 0 Å². The van der Waals surface area contributed by atoms with E-state index in [1.54, 1.807) is 10.8 Å². The Morgan fingerprint density at radius 2 is 2.56 bits per heavy atom. The maximum absolute atomic E-state index is 4.26. The van der Waals surface area contributed by atoms with Crippen LogP contribution in [0.5, 0.6) is 0 Å². The third kappa shape index (κ3) is 2.27. The zero-order valence-electron chi connectivity index (χ0n) is 4.94. The molecule has 1 nitrogen and oxygen atoms in total. The van der Waals surface area contributed by atoms with Crippen molar-refractivity contribution in [2.24, 2.45) is 4.40 Å². The minimum absolute atomic E-state index is 0.308. The summed E-state index contributed by atoms with van der Waals surface area (Å²) in [5.74, 6) is 0. The van der Waals surface area contributed by atoms with E-state index in [9.17, 15) is 0 Å². The lowest BCUT2D eigenvalue weighted by Crippen LogP contribution is -1.98. The average molecular weight is 177 g/mol. The van der Waals surface area contributed by atoms with Crippen LogP contribution < -0.4 is 0 Å². The molecular weight excluding hydrogens is 170 g/mol. The molecular formula is C5H7NS3. The van der Waals surface area contributed by atoms with Crippen LogP contribution in [0.25, 0.3) is 0 Å². The molecule has 0 spiro atoms. The Bertz CT molecular complexity index is 150. The fraction of sp³-hybridized carbons (Fsp3) is 0.400. The summed E-state index contributed by atoms with van der Waals surface area (Å²) in [6.45, 7) is 2.04. The Kier molecular flexibility index (Phi) is 3.01. The summed E-state index contributed by atoms with van der Waals surface area (Å²) < 4.78 is 4.02. The van der Waals surface area contributed by atoms with Gasteiger partial charge in [0.15, 0.2) is 0 Å². The van der Waals surface area contributed by atoms with Crippen molar-refractivity contribution >= 4 is 40.6 Å². The molecule has 1 rings (SSSR count). The SMILES string of the molecule is CC(S)C1=CSSN=C1. The van der Waals surface area contributed by atoms with Crippen LogP contribution >= 0.6 is 34.4 Å². The fourth-order valence-electron chi connectivity index (χ4n) is 0.421. The minimum atomic E-state index is 0.308. The van der Waals surface area contributed by atoms with E-state index < -0.39 is 0 Å². The molecule has 0 aromatic rings. The van der Waals surface area contributed by atoms with Crippen LogP contribution in [-0.2, 0) is 0 Å². The molecule has 1 aliphatic rings. The molecule has 0 N–H and O–H groups in total. The number of nitrogens with zero attached hydrogens (tertiary/aromatic N) is 1. The molecule has 1 atom stereocenters. The van der Waals surface area contributed by atoms with E-state index in [0.717, 1.165) is 0 Å². The van der Waals surface area contributed by atoms with Gasteiger partial charge in [0.1, 0.15) is 0 Å². The molecule has 0 aliphatic carbocycles. The summed E-state index contributed by atoms with van der Waals surface area (Å²) >= 11 is 4.26. The van der Waals surface area contributed by atoms with Gasteiger partial charge in [0.05, 0.1) is 0 Å². The van der Waals surface area contributed by atoms with E-state index in [-0.39, 0.29) is 0 Å². The molecule has 1 heterocycles. The van der Waals surface area contributed by atoms with Crippen LogP contribution in [0.4, 0.5) is 0 Å². The topological polar surface area (TPSA) is 12.4 Å². The molecule has 0 fully saturated rings. The summed E-state index contributed by atoms with van der Waals surface area (Å²) in [6.07, 6.45) is 1.86. The van der Waals surface area contributed by atoms with Gasteiger partial charge in [-0.3, -0.25) is 0 Å². The van der Waals surface area contributed by atoms with E-state index >= 15 is 0 Å². The summed E-state index contributed by atoms with van der Waals surface area (Å²) in [5, 5.41) is 2.39. The standard InChI is InChI=1S/C5H7NS3/c1-4(7)5-2-6-9-8-3-5/h2-4,7H,1H3. The van der Waals surface area contributed by atoms with Crippen molar-refractivity contribution in [2.75, 3.05) is 0 Å². The number of rotatable bonds is 1. The first-order chi connectivity index (χ1) is 4.30. The average Bonchev–Trinajstić information content (AvgIpc) is 1.90. The quantitative estimate of drug-likeness (QED) is 0.375. The second-order valence-electron chi connectivity index (χ2n) is 1.70. The molecule has 0 radical (unpaired) electrons. The molecule has 0 bridgehead atoms. The summed E-state index contributed by atoms with van der Waals surface area (Å²) in [5.41, 5.74) is 1.20. The predicted molar refractivity (Wildman–Crippen MR) is 50.2 cm³/mol. The smallest absolute Gasteiger partial charge is 0.0480 e. The lowest BCUT2D eigenvalue weighted by Gasteiger charge is -2.06. The highest BCUT2D eigenvalue weighted by Crippen LogP contribution is 2.30. The van der Waals surface area contributed by atoms with Gasteiger partial charge in [0.2, 0.25) is 0 Å². The third-order valence-electron chi connectivity index (χ3n) is 0.954. The maximum atomic E-state index is 4.26. The van der Waals surface area contributed by atoms with Gasteiger partial charge in [-0.15, -0.1) is 0 Å². The molecule has 1 aliphatic heterocycles. The van der Waals surface area contributed by atoms with Crippen LogP contribution in [-0.4, -0.2) is 11.5 Å². The Balaban J connectivity index is 2.58. The fourth-order valence-corrected chi connectivity index (χ4v) is 2.04. The van der Waals surface area contributed by atoms with Crippen LogP contribution in [0.2, 0.25) is 0 Å². The summed E-state index contributed by atoms with van der Waals surface area (Å²) in [4.78, 5) is 0. The van der Waals surface area contributed by atoms with E-state index in [4.69, 9.17) is 0 Å². The zero-order valence-corrected chi connectivity index (χ0v) is 7.47. The van der Waals surface area contributed by atoms with E-state index in [0.29, 0.717) is 5.25 Å². The van der Waals surface area contributed by atoms with Crippen molar-refractivity contribution < 1.29 is 0 Å². The molecule has 0 amide bonds. The van der Waals surface area contributed by atoms with Crippen molar-refractivity contribution in [3.8, 4) is 0 Å². The molecule has 4 heteroatoms. The van der Waals surface area contributed by atoms with Gasteiger partial charge in [-0.2, -0.15) is 12.6 Å². The number of hydrogen-bond donors (Lipinski definition) is 1. The lowest BCUT2D eigenvalue weighted by molar-refractivity contribution is 1.22. The number of hydrogen-bond acceptors (Lipinski definition) is 4. The van der Waals surface area contributed by atoms with Crippen molar-refractivity contribution in [2.45, 2.75) is 12.2 Å². The van der Waals surface area contributed by atoms with E-state index in [2.05, 4.69) is 22.4 Å². The van der Waals surface area contributed by atoms with Gasteiger partial charge in [-0.05, 0) is 28.7 Å². The minimum Gasteiger partial charge on any atom is -0.212 e. The second kappa shape index (κ2) is 3.58. The van der Waals surface area contributed by atoms with Crippen LogP contribution in [0.15, 0.2) is 15.4 Å². The Morgan fingerprint density at radius 1 is 1.78 bits per heavy atom. The van der Waals surface area contributed by atoms with Crippen molar-refractivity contribution in [1.29, 1.82) is 0 Å². The molecule has 50 valence electrons. The molecule has 9 heavy (non-hydrogen) atoms. The molecule has 1 unspecified atom stereocenters. The first kappa shape index (κ1) is 7.57. The zero-order chi connectivity index (χ0) is 6.69. The van der Waals surface area contributed by atoms with Crippen LogP contribution in [0.1, 0.15) is 6.92 Å². The van der Waals surface area contributed by atoms with Crippen LogP contribution in [0, 0.1) is 0 Å². The first-order valence-corrected chi connectivity index (χ1v) is 5.23. The maximum Gasteiger partial charge on any atom is 0.0480 e. The Hall–Kier alpha value is 0.460. The van der Waals surface area contributed by atoms with Crippen molar-refractivity contribution in [3.05, 3.63) is 11.0 Å². The van der Waals surface area contributed by atoms with Crippen LogP contribution in [0.3, 0.4) is 0 Å². The molecule has 0 aromatic carbocycles. The molecule has 0 aromatic heterocycles. The summed E-state index contributed by atoms with van der Waals surface area (Å²) in [6, 6.07) is 0. The normalized spacial score (nSPS) is 21.3. The predicted octanol–water partition coefficient (Wildman–Crippen LogP) is 2.57. The van der Waals surface area contributed by atoms with Gasteiger partial charge in [-0.1, -0.05) is 0 Å². The van der Waals surface area contributed by atoms with Gasteiger partial charge in [-0.25, -0.2) is 4.40 Å². The van der Waals surface area contributed by atoms with E-state index in [1.165, 1.54) is 16.6 Å². The Morgan fingerprint density at radius 3 is 2.89 bits per heavy atom. The Labute approximate surface area is 68.3 Å². The first-order valence-electron chi connectivity index (χ1n) is 2.54. The largest absolute Gasteiger partial charge is 0.212 e. The highest BCUT2D eigenvalue weighted by Gasteiger charge is 2.03. The molecule has 0 saturated heterocycles. The third-order valence-corrected chi connectivity index (χ3v) is 2.70. The highest BCUT2D eigenvalue weighted by atomic mass is 33.1. The van der Waals surface area contributed by atoms with Gasteiger partial charge in [0, 0.05) is 22.4 Å². The monoisotopic (exact) mass is 177 g/mol. The molecule has 0 saturated carbocycles.